The molecule has 0 amide bonds. The summed E-state index contributed by atoms with van der Waals surface area (Å²) in [6.45, 7) is 3.24. The smallest absolute Gasteiger partial charge is 0.228 e. The number of hydrogen-bond acceptors (Lipinski definition) is 5. The third-order valence-corrected chi connectivity index (χ3v) is 4.57. The van der Waals surface area contributed by atoms with Gasteiger partial charge in [-0.15, -0.1) is 24.0 Å². The Morgan fingerprint density at radius 1 is 1.17 bits per heavy atom. The number of aliphatic imine (C=N–C) groups is 1. The van der Waals surface area contributed by atoms with Gasteiger partial charge in [0.25, 0.3) is 0 Å². The van der Waals surface area contributed by atoms with Gasteiger partial charge in [0.1, 0.15) is 5.75 Å². The van der Waals surface area contributed by atoms with Crippen molar-refractivity contribution in [3.8, 4) is 17.1 Å². The number of benzene rings is 2. The van der Waals surface area contributed by atoms with Gasteiger partial charge in [0, 0.05) is 42.7 Å². The maximum atomic E-state index is 5.91. The van der Waals surface area contributed by atoms with Crippen LogP contribution in [0.25, 0.3) is 11.4 Å². The van der Waals surface area contributed by atoms with Gasteiger partial charge in [-0.1, -0.05) is 28.9 Å². The Balaban J connectivity index is 0.00000320. The Hall–Kier alpha value is -2.33. The summed E-state index contributed by atoms with van der Waals surface area (Å²) in [5.74, 6) is 2.64. The first kappa shape index (κ1) is 23.9. The second kappa shape index (κ2) is 11.8. The molecular formula is C21H25ClIN5O2. The van der Waals surface area contributed by atoms with E-state index in [1.165, 1.54) is 0 Å². The van der Waals surface area contributed by atoms with Gasteiger partial charge in [-0.25, -0.2) is 0 Å². The molecule has 0 fully saturated rings. The molecule has 0 radical (unpaired) electrons. The number of guanidine groups is 1. The molecule has 0 aliphatic heterocycles. The summed E-state index contributed by atoms with van der Waals surface area (Å²) in [5.41, 5.74) is 3.08. The minimum Gasteiger partial charge on any atom is -0.496 e. The minimum atomic E-state index is 0. The van der Waals surface area contributed by atoms with E-state index in [0.717, 1.165) is 22.4 Å². The Bertz CT molecular complexity index is 976. The number of aromatic nitrogens is 2. The fourth-order valence-corrected chi connectivity index (χ4v) is 2.88. The number of halogens is 2. The largest absolute Gasteiger partial charge is 0.496 e. The molecule has 7 nitrogen and oxygen atoms in total. The predicted octanol–water partition coefficient (Wildman–Crippen LogP) is 4.23. The lowest BCUT2D eigenvalue weighted by molar-refractivity contribution is 0.378. The van der Waals surface area contributed by atoms with E-state index in [9.17, 15) is 0 Å². The van der Waals surface area contributed by atoms with Crippen LogP contribution in [0.3, 0.4) is 0 Å². The van der Waals surface area contributed by atoms with E-state index in [1.807, 2.05) is 31.2 Å². The van der Waals surface area contributed by atoms with Crippen LogP contribution in [0.2, 0.25) is 5.02 Å². The van der Waals surface area contributed by atoms with E-state index in [4.69, 9.17) is 20.9 Å². The number of ether oxygens (including phenoxy) is 1. The zero-order valence-corrected chi connectivity index (χ0v) is 20.2. The van der Waals surface area contributed by atoms with Crippen molar-refractivity contribution in [2.24, 2.45) is 4.99 Å². The number of nitrogens with zero attached hydrogens (tertiary/aromatic N) is 3. The summed E-state index contributed by atoms with van der Waals surface area (Å²) >= 11 is 5.91. The molecular weight excluding hydrogens is 517 g/mol. The van der Waals surface area contributed by atoms with Crippen LogP contribution in [0.5, 0.6) is 5.75 Å². The highest BCUT2D eigenvalue weighted by molar-refractivity contribution is 14.0. The fraction of sp³-hybridized carbons (Fsp3) is 0.286. The zero-order chi connectivity index (χ0) is 20.6. The van der Waals surface area contributed by atoms with Crippen LogP contribution in [-0.4, -0.2) is 36.8 Å². The van der Waals surface area contributed by atoms with Gasteiger partial charge in [-0.05, 0) is 42.8 Å². The van der Waals surface area contributed by atoms with Gasteiger partial charge >= 0.3 is 0 Å². The van der Waals surface area contributed by atoms with Crippen molar-refractivity contribution in [1.82, 2.24) is 20.8 Å². The summed E-state index contributed by atoms with van der Waals surface area (Å²) in [4.78, 5) is 8.66. The maximum Gasteiger partial charge on any atom is 0.228 e. The van der Waals surface area contributed by atoms with E-state index in [1.54, 1.807) is 26.3 Å². The van der Waals surface area contributed by atoms with E-state index >= 15 is 0 Å². The Morgan fingerprint density at radius 3 is 2.63 bits per heavy atom. The topological polar surface area (TPSA) is 84.6 Å². The summed E-state index contributed by atoms with van der Waals surface area (Å²) in [6, 6.07) is 13.4. The van der Waals surface area contributed by atoms with Gasteiger partial charge < -0.3 is 19.9 Å². The molecule has 3 rings (SSSR count). The summed E-state index contributed by atoms with van der Waals surface area (Å²) in [5, 5.41) is 11.2. The highest BCUT2D eigenvalue weighted by Crippen LogP contribution is 2.20. The monoisotopic (exact) mass is 541 g/mol. The van der Waals surface area contributed by atoms with Crippen molar-refractivity contribution in [2.75, 3.05) is 20.7 Å². The van der Waals surface area contributed by atoms with Gasteiger partial charge in [-0.3, -0.25) is 4.99 Å². The first-order chi connectivity index (χ1) is 14.1. The fourth-order valence-electron chi connectivity index (χ4n) is 2.76. The van der Waals surface area contributed by atoms with Gasteiger partial charge in [0.15, 0.2) is 5.96 Å². The highest BCUT2D eigenvalue weighted by atomic mass is 127. The van der Waals surface area contributed by atoms with Gasteiger partial charge in [0.2, 0.25) is 11.7 Å². The van der Waals surface area contributed by atoms with Crippen molar-refractivity contribution >= 4 is 41.5 Å². The molecule has 0 aliphatic carbocycles. The van der Waals surface area contributed by atoms with Crippen LogP contribution in [0.15, 0.2) is 52.0 Å². The van der Waals surface area contributed by atoms with Gasteiger partial charge in [0.05, 0.1) is 7.11 Å². The molecule has 30 heavy (non-hydrogen) atoms. The van der Waals surface area contributed by atoms with Crippen molar-refractivity contribution in [3.05, 3.63) is 64.5 Å². The third-order valence-electron chi connectivity index (χ3n) is 4.31. The van der Waals surface area contributed by atoms with Crippen LogP contribution < -0.4 is 15.4 Å². The Kier molecular flexibility index (Phi) is 9.38. The molecule has 0 bridgehead atoms. The van der Waals surface area contributed by atoms with Crippen LogP contribution in [0, 0.1) is 6.92 Å². The second-order valence-corrected chi connectivity index (χ2v) is 6.87. The summed E-state index contributed by atoms with van der Waals surface area (Å²) < 4.78 is 10.8. The van der Waals surface area contributed by atoms with Crippen molar-refractivity contribution in [2.45, 2.75) is 19.9 Å². The summed E-state index contributed by atoms with van der Waals surface area (Å²) in [7, 11) is 3.40. The molecule has 160 valence electrons. The van der Waals surface area contributed by atoms with Crippen LogP contribution in [0.1, 0.15) is 17.0 Å². The van der Waals surface area contributed by atoms with Gasteiger partial charge in [-0.2, -0.15) is 4.98 Å². The number of hydrogen-bond donors (Lipinski definition) is 2. The average Bonchev–Trinajstić information content (AvgIpc) is 3.20. The number of nitrogens with one attached hydrogen (secondary N) is 2. The minimum absolute atomic E-state index is 0. The molecule has 0 saturated heterocycles. The standard InChI is InChI=1S/C21H24ClN5O2.HI/c1-14-4-5-16(18(12-14)28-3)13-25-21(23-2)24-11-10-19-26-20(27-29-19)15-6-8-17(22)9-7-15;/h4-9,12H,10-11,13H2,1-3H3,(H2,23,24,25);1H. The van der Waals surface area contributed by atoms with E-state index < -0.39 is 0 Å². The normalized spacial score (nSPS) is 11.0. The lowest BCUT2D eigenvalue weighted by Gasteiger charge is -2.13. The molecule has 0 unspecified atom stereocenters. The number of methoxy groups -OCH3 is 1. The second-order valence-electron chi connectivity index (χ2n) is 6.44. The molecule has 0 atom stereocenters. The lowest BCUT2D eigenvalue weighted by atomic mass is 10.1. The van der Waals surface area contributed by atoms with Crippen molar-refractivity contribution in [1.29, 1.82) is 0 Å². The first-order valence-electron chi connectivity index (χ1n) is 9.25. The van der Waals surface area contributed by atoms with E-state index in [-0.39, 0.29) is 24.0 Å². The van der Waals surface area contributed by atoms with Crippen LogP contribution >= 0.6 is 35.6 Å². The molecule has 2 N–H and O–H groups in total. The molecule has 0 aliphatic rings. The molecule has 0 spiro atoms. The molecule has 1 aromatic heterocycles. The van der Waals surface area contributed by atoms with Crippen molar-refractivity contribution in [3.63, 3.8) is 0 Å². The molecule has 0 saturated carbocycles. The first-order valence-corrected chi connectivity index (χ1v) is 9.63. The van der Waals surface area contributed by atoms with Crippen molar-refractivity contribution < 1.29 is 9.26 Å². The predicted molar refractivity (Wildman–Crippen MR) is 130 cm³/mol. The number of rotatable bonds is 7. The summed E-state index contributed by atoms with van der Waals surface area (Å²) in [6.07, 6.45) is 0.579. The Labute approximate surface area is 198 Å². The van der Waals surface area contributed by atoms with Crippen LogP contribution in [-0.2, 0) is 13.0 Å². The Morgan fingerprint density at radius 2 is 1.93 bits per heavy atom. The maximum absolute atomic E-state index is 5.91. The van der Waals surface area contributed by atoms with E-state index in [2.05, 4.69) is 31.8 Å². The molecule has 9 heteroatoms. The quantitative estimate of drug-likeness (QED) is 0.265. The van der Waals surface area contributed by atoms with Crippen LogP contribution in [0.4, 0.5) is 0 Å². The zero-order valence-electron chi connectivity index (χ0n) is 17.1. The van der Waals surface area contributed by atoms with E-state index in [0.29, 0.717) is 42.2 Å². The SMILES string of the molecule is CN=C(NCCc1nc(-c2ccc(Cl)cc2)no1)NCc1ccc(C)cc1OC.I. The lowest BCUT2D eigenvalue weighted by Crippen LogP contribution is -2.37. The average molecular weight is 542 g/mol. The molecule has 3 aromatic rings. The molecule has 1 heterocycles. The highest BCUT2D eigenvalue weighted by Gasteiger charge is 2.09. The third kappa shape index (κ3) is 6.60. The number of aryl methyl sites for hydroxylation is 1. The molecule has 2 aromatic carbocycles.